The molecule has 0 saturated carbocycles. The molecule has 0 heterocycles. The quantitative estimate of drug-likeness (QED) is 0.404. The summed E-state index contributed by atoms with van der Waals surface area (Å²) < 4.78 is 0. The summed E-state index contributed by atoms with van der Waals surface area (Å²) in [5, 5.41) is 0. The van der Waals surface area contributed by atoms with Gasteiger partial charge < -0.3 is 0 Å². The fourth-order valence-corrected chi connectivity index (χ4v) is 3.39. The molecule has 0 atom stereocenters. The number of benzene rings is 3. The Morgan fingerprint density at radius 3 is 1.67 bits per heavy atom. The molecule has 0 heteroatoms. The average molecular weight is 353 g/mol. The lowest BCUT2D eigenvalue weighted by atomic mass is 10.00. The molecule has 0 aliphatic carbocycles. The Morgan fingerprint density at radius 2 is 1.11 bits per heavy atom. The SMILES string of the molecule is CCc1ccccc1C=Cc1ccc(C=Cc2ccccc2CC)c(C)c1. The third-order valence-corrected chi connectivity index (χ3v) is 5.06. The van der Waals surface area contributed by atoms with E-state index in [9.17, 15) is 0 Å². The van der Waals surface area contributed by atoms with Gasteiger partial charge in [0, 0.05) is 0 Å². The van der Waals surface area contributed by atoms with Gasteiger partial charge in [-0.25, -0.2) is 0 Å². The van der Waals surface area contributed by atoms with Gasteiger partial charge in [-0.2, -0.15) is 0 Å². The first-order valence-corrected chi connectivity index (χ1v) is 9.84. The van der Waals surface area contributed by atoms with Crippen LogP contribution >= 0.6 is 0 Å². The van der Waals surface area contributed by atoms with Gasteiger partial charge in [0.1, 0.15) is 0 Å². The van der Waals surface area contributed by atoms with Gasteiger partial charge in [-0.05, 0) is 58.7 Å². The molecule has 3 aromatic rings. The summed E-state index contributed by atoms with van der Waals surface area (Å²) >= 11 is 0. The van der Waals surface area contributed by atoms with Crippen molar-refractivity contribution in [2.75, 3.05) is 0 Å². The molecule has 0 nitrogen and oxygen atoms in total. The first kappa shape index (κ1) is 18.9. The van der Waals surface area contributed by atoms with Crippen molar-refractivity contribution >= 4 is 24.3 Å². The largest absolute Gasteiger partial charge is 0.0620 e. The zero-order chi connectivity index (χ0) is 19.1. The van der Waals surface area contributed by atoms with Crippen LogP contribution in [0.3, 0.4) is 0 Å². The minimum absolute atomic E-state index is 1.06. The van der Waals surface area contributed by atoms with Crippen LogP contribution in [0.15, 0.2) is 66.7 Å². The molecule has 0 aliphatic rings. The Hall–Kier alpha value is -2.86. The monoisotopic (exact) mass is 352 g/mol. The van der Waals surface area contributed by atoms with E-state index >= 15 is 0 Å². The van der Waals surface area contributed by atoms with Crippen LogP contribution in [0.25, 0.3) is 24.3 Å². The minimum atomic E-state index is 1.06. The van der Waals surface area contributed by atoms with Crippen molar-refractivity contribution in [1.82, 2.24) is 0 Å². The molecule has 0 amide bonds. The molecule has 0 N–H and O–H groups in total. The van der Waals surface area contributed by atoms with E-state index in [0.29, 0.717) is 0 Å². The predicted octanol–water partition coefficient (Wildman–Crippen LogP) is 7.46. The summed E-state index contributed by atoms with van der Waals surface area (Å²) in [5.74, 6) is 0. The Bertz CT molecular complexity index is 957. The standard InChI is InChI=1S/C27H28/c1-4-23-10-6-8-12-26(23)17-15-22-14-16-25(21(3)20-22)18-19-27-13-9-7-11-24(27)5-2/h6-20H,4-5H2,1-3H3. The van der Waals surface area contributed by atoms with Gasteiger partial charge in [-0.1, -0.05) is 105 Å². The molecule has 0 unspecified atom stereocenters. The van der Waals surface area contributed by atoms with E-state index in [-0.39, 0.29) is 0 Å². The third kappa shape index (κ3) is 4.86. The van der Waals surface area contributed by atoms with Crippen LogP contribution in [0.4, 0.5) is 0 Å². The van der Waals surface area contributed by atoms with Crippen molar-refractivity contribution in [2.45, 2.75) is 33.6 Å². The Morgan fingerprint density at radius 1 is 0.593 bits per heavy atom. The highest BCUT2D eigenvalue weighted by Crippen LogP contribution is 2.19. The van der Waals surface area contributed by atoms with Crippen molar-refractivity contribution < 1.29 is 0 Å². The fraction of sp³-hybridized carbons (Fsp3) is 0.185. The van der Waals surface area contributed by atoms with E-state index < -0.39 is 0 Å². The highest BCUT2D eigenvalue weighted by molar-refractivity contribution is 5.75. The number of hydrogen-bond acceptors (Lipinski definition) is 0. The van der Waals surface area contributed by atoms with Crippen LogP contribution in [0.5, 0.6) is 0 Å². The van der Waals surface area contributed by atoms with E-state index in [1.165, 1.54) is 38.9 Å². The smallest absolute Gasteiger partial charge is 0.0224 e. The first-order chi connectivity index (χ1) is 13.2. The van der Waals surface area contributed by atoms with Crippen molar-refractivity contribution in [3.05, 3.63) is 106 Å². The van der Waals surface area contributed by atoms with Crippen LogP contribution in [0, 0.1) is 6.92 Å². The van der Waals surface area contributed by atoms with Gasteiger partial charge in [0.25, 0.3) is 0 Å². The molecule has 0 spiro atoms. The van der Waals surface area contributed by atoms with Crippen LogP contribution in [-0.2, 0) is 12.8 Å². The van der Waals surface area contributed by atoms with Gasteiger partial charge in [-0.15, -0.1) is 0 Å². The van der Waals surface area contributed by atoms with E-state index in [0.717, 1.165) is 12.8 Å². The first-order valence-electron chi connectivity index (χ1n) is 9.84. The normalized spacial score (nSPS) is 11.5. The maximum Gasteiger partial charge on any atom is -0.0224 e. The second-order valence-corrected chi connectivity index (χ2v) is 6.89. The van der Waals surface area contributed by atoms with Crippen molar-refractivity contribution in [3.8, 4) is 0 Å². The van der Waals surface area contributed by atoms with E-state index in [1.54, 1.807) is 0 Å². The fourth-order valence-electron chi connectivity index (χ4n) is 3.39. The molecule has 3 aromatic carbocycles. The zero-order valence-electron chi connectivity index (χ0n) is 16.6. The molecular weight excluding hydrogens is 324 g/mol. The molecular formula is C27H28. The summed E-state index contributed by atoms with van der Waals surface area (Å²) in [4.78, 5) is 0. The molecule has 0 radical (unpaired) electrons. The molecule has 3 rings (SSSR count). The van der Waals surface area contributed by atoms with Gasteiger partial charge in [0.05, 0.1) is 0 Å². The van der Waals surface area contributed by atoms with Gasteiger partial charge >= 0.3 is 0 Å². The Labute approximate surface area is 163 Å². The van der Waals surface area contributed by atoms with E-state index in [2.05, 4.69) is 112 Å². The average Bonchev–Trinajstić information content (AvgIpc) is 2.72. The zero-order valence-corrected chi connectivity index (χ0v) is 16.6. The highest BCUT2D eigenvalue weighted by Gasteiger charge is 1.99. The summed E-state index contributed by atoms with van der Waals surface area (Å²) in [7, 11) is 0. The van der Waals surface area contributed by atoms with Crippen molar-refractivity contribution in [2.24, 2.45) is 0 Å². The molecule has 0 saturated heterocycles. The molecule has 27 heavy (non-hydrogen) atoms. The summed E-state index contributed by atoms with van der Waals surface area (Å²) in [5.41, 5.74) is 9.19. The Kier molecular flexibility index (Phi) is 6.44. The Balaban J connectivity index is 1.79. The van der Waals surface area contributed by atoms with E-state index in [4.69, 9.17) is 0 Å². The molecule has 136 valence electrons. The maximum absolute atomic E-state index is 2.26. The van der Waals surface area contributed by atoms with Crippen LogP contribution < -0.4 is 0 Å². The van der Waals surface area contributed by atoms with Gasteiger partial charge in [0.2, 0.25) is 0 Å². The predicted molar refractivity (Wildman–Crippen MR) is 121 cm³/mol. The number of hydrogen-bond donors (Lipinski definition) is 0. The topological polar surface area (TPSA) is 0 Å². The summed E-state index contributed by atoms with van der Waals surface area (Å²) in [6, 6.07) is 23.9. The second kappa shape index (κ2) is 9.19. The maximum atomic E-state index is 2.26. The number of rotatable bonds is 6. The molecule has 0 aromatic heterocycles. The van der Waals surface area contributed by atoms with E-state index in [1.807, 2.05) is 0 Å². The van der Waals surface area contributed by atoms with Crippen molar-refractivity contribution in [3.63, 3.8) is 0 Å². The lowest BCUT2D eigenvalue weighted by Crippen LogP contribution is -1.86. The summed E-state index contributed by atoms with van der Waals surface area (Å²) in [6.45, 7) is 6.59. The van der Waals surface area contributed by atoms with Crippen LogP contribution in [0.1, 0.15) is 52.8 Å². The molecule has 0 fully saturated rings. The second-order valence-electron chi connectivity index (χ2n) is 6.89. The molecule has 0 bridgehead atoms. The highest BCUT2D eigenvalue weighted by atomic mass is 14.0. The van der Waals surface area contributed by atoms with Crippen LogP contribution in [0.2, 0.25) is 0 Å². The summed E-state index contributed by atoms with van der Waals surface area (Å²) in [6.07, 6.45) is 11.0. The lowest BCUT2D eigenvalue weighted by Gasteiger charge is -2.05. The van der Waals surface area contributed by atoms with Gasteiger partial charge in [-0.3, -0.25) is 0 Å². The molecule has 0 aliphatic heterocycles. The van der Waals surface area contributed by atoms with Gasteiger partial charge in [0.15, 0.2) is 0 Å². The third-order valence-electron chi connectivity index (χ3n) is 5.06. The van der Waals surface area contributed by atoms with Crippen molar-refractivity contribution in [1.29, 1.82) is 0 Å². The lowest BCUT2D eigenvalue weighted by molar-refractivity contribution is 1.13. The minimum Gasteiger partial charge on any atom is -0.0620 e. The number of aryl methyl sites for hydroxylation is 3. The van der Waals surface area contributed by atoms with Crippen LogP contribution in [-0.4, -0.2) is 0 Å².